The number of rotatable bonds is 9. The van der Waals surface area contributed by atoms with Gasteiger partial charge in [0, 0.05) is 13.1 Å². The third-order valence-electron chi connectivity index (χ3n) is 3.25. The molecule has 0 bridgehead atoms. The molecule has 3 N–H and O–H groups in total. The van der Waals surface area contributed by atoms with E-state index in [2.05, 4.69) is 10.0 Å². The number of ether oxygens (including phenoxy) is 1. The van der Waals surface area contributed by atoms with Gasteiger partial charge < -0.3 is 15.2 Å². The molecule has 2 rings (SSSR count). The number of hydrogen-bond donors (Lipinski definition) is 3. The second-order valence-electron chi connectivity index (χ2n) is 5.14. The fraction of sp³-hybridized carbons (Fsp3) is 0.235. The molecule has 0 unspecified atom stereocenters. The molecule has 2 aromatic carbocycles. The molecule has 1 amide bonds. The van der Waals surface area contributed by atoms with Crippen LogP contribution >= 0.6 is 0 Å². The molecule has 0 saturated carbocycles. The fourth-order valence-electron chi connectivity index (χ4n) is 1.97. The van der Waals surface area contributed by atoms with Gasteiger partial charge in [0.25, 0.3) is 5.91 Å². The van der Waals surface area contributed by atoms with Crippen LogP contribution in [0.15, 0.2) is 59.5 Å². The summed E-state index contributed by atoms with van der Waals surface area (Å²) in [5.74, 6) is 0.0106. The molecule has 0 heterocycles. The Morgan fingerprint density at radius 2 is 1.72 bits per heavy atom. The molecule has 0 aromatic heterocycles. The SMILES string of the molecule is O=C(COc1ccc(S(=O)(=O)NCc2ccccc2)cc1)NCCO. The molecule has 25 heavy (non-hydrogen) atoms. The van der Waals surface area contributed by atoms with Crippen LogP contribution in [0.2, 0.25) is 0 Å². The molecule has 2 aromatic rings. The summed E-state index contributed by atoms with van der Waals surface area (Å²) in [6, 6.07) is 15.0. The topological polar surface area (TPSA) is 105 Å². The maximum absolute atomic E-state index is 12.3. The average Bonchev–Trinajstić information content (AvgIpc) is 2.64. The highest BCUT2D eigenvalue weighted by Gasteiger charge is 2.13. The van der Waals surface area contributed by atoms with E-state index in [1.54, 1.807) is 0 Å². The van der Waals surface area contributed by atoms with E-state index in [0.717, 1.165) is 5.56 Å². The van der Waals surface area contributed by atoms with Crippen LogP contribution in [0.5, 0.6) is 5.75 Å². The first-order valence-corrected chi connectivity index (χ1v) is 9.13. The monoisotopic (exact) mass is 364 g/mol. The summed E-state index contributed by atoms with van der Waals surface area (Å²) in [4.78, 5) is 11.5. The molecule has 0 radical (unpaired) electrons. The van der Waals surface area contributed by atoms with Crippen molar-refractivity contribution in [1.29, 1.82) is 0 Å². The highest BCUT2D eigenvalue weighted by atomic mass is 32.2. The lowest BCUT2D eigenvalue weighted by Crippen LogP contribution is -2.31. The lowest BCUT2D eigenvalue weighted by atomic mass is 10.2. The quantitative estimate of drug-likeness (QED) is 0.606. The highest BCUT2D eigenvalue weighted by molar-refractivity contribution is 7.89. The van der Waals surface area contributed by atoms with Gasteiger partial charge in [-0.15, -0.1) is 0 Å². The summed E-state index contributed by atoms with van der Waals surface area (Å²) in [6.45, 7) is 0.00550. The van der Waals surface area contributed by atoms with Crippen molar-refractivity contribution >= 4 is 15.9 Å². The van der Waals surface area contributed by atoms with E-state index in [1.807, 2.05) is 30.3 Å². The third kappa shape index (κ3) is 6.18. The summed E-state index contributed by atoms with van der Waals surface area (Å²) in [6.07, 6.45) is 0. The Labute approximate surface area is 146 Å². The van der Waals surface area contributed by atoms with Crippen molar-refractivity contribution in [3.63, 3.8) is 0 Å². The number of aliphatic hydroxyl groups excluding tert-OH is 1. The molecule has 0 saturated heterocycles. The molecular formula is C17H20N2O5S. The van der Waals surface area contributed by atoms with Crippen LogP contribution in [0.1, 0.15) is 5.56 Å². The molecule has 7 nitrogen and oxygen atoms in total. The van der Waals surface area contributed by atoms with E-state index in [4.69, 9.17) is 9.84 Å². The molecule has 134 valence electrons. The molecule has 0 atom stereocenters. The molecule has 0 aliphatic carbocycles. The van der Waals surface area contributed by atoms with Crippen LogP contribution in [0, 0.1) is 0 Å². The van der Waals surface area contributed by atoms with Crippen LogP contribution in [0.3, 0.4) is 0 Å². The number of nitrogens with one attached hydrogen (secondary N) is 2. The fourth-order valence-corrected chi connectivity index (χ4v) is 2.99. The van der Waals surface area contributed by atoms with Gasteiger partial charge >= 0.3 is 0 Å². The first-order chi connectivity index (χ1) is 12.0. The molecule has 0 fully saturated rings. The number of aliphatic hydroxyl groups is 1. The smallest absolute Gasteiger partial charge is 0.258 e. The standard InChI is InChI=1S/C17H20N2O5S/c20-11-10-18-17(21)13-24-15-6-8-16(9-7-15)25(22,23)19-12-14-4-2-1-3-5-14/h1-9,19-20H,10-13H2,(H,18,21). The van der Waals surface area contributed by atoms with Crippen LogP contribution < -0.4 is 14.8 Å². The van der Waals surface area contributed by atoms with E-state index >= 15 is 0 Å². The zero-order valence-corrected chi connectivity index (χ0v) is 14.3. The Morgan fingerprint density at radius 1 is 1.04 bits per heavy atom. The van der Waals surface area contributed by atoms with E-state index in [0.29, 0.717) is 5.75 Å². The van der Waals surface area contributed by atoms with Crippen molar-refractivity contribution in [1.82, 2.24) is 10.0 Å². The van der Waals surface area contributed by atoms with Crippen LogP contribution in [0.4, 0.5) is 0 Å². The number of carbonyl (C=O) groups is 1. The van der Waals surface area contributed by atoms with Gasteiger partial charge in [0.1, 0.15) is 5.75 Å². The van der Waals surface area contributed by atoms with Crippen LogP contribution in [0.25, 0.3) is 0 Å². The molecule has 8 heteroatoms. The van der Waals surface area contributed by atoms with Gasteiger partial charge in [0.15, 0.2) is 6.61 Å². The second-order valence-corrected chi connectivity index (χ2v) is 6.91. The summed E-state index contributed by atoms with van der Waals surface area (Å²) in [5.41, 5.74) is 0.861. The van der Waals surface area contributed by atoms with Crippen molar-refractivity contribution in [2.24, 2.45) is 0 Å². The summed E-state index contributed by atoms with van der Waals surface area (Å²) < 4.78 is 32.3. The van der Waals surface area contributed by atoms with Gasteiger partial charge in [0.2, 0.25) is 10.0 Å². The Balaban J connectivity index is 1.90. The summed E-state index contributed by atoms with van der Waals surface area (Å²) >= 11 is 0. The van der Waals surface area contributed by atoms with E-state index < -0.39 is 10.0 Å². The first-order valence-electron chi connectivity index (χ1n) is 7.65. The number of benzene rings is 2. The molecule has 0 aliphatic heterocycles. The largest absolute Gasteiger partial charge is 0.484 e. The van der Waals surface area contributed by atoms with Crippen molar-refractivity contribution in [3.8, 4) is 5.75 Å². The minimum absolute atomic E-state index is 0.112. The van der Waals surface area contributed by atoms with Crippen LogP contribution in [-0.2, 0) is 21.4 Å². The van der Waals surface area contributed by atoms with Gasteiger partial charge in [-0.25, -0.2) is 13.1 Å². The highest BCUT2D eigenvalue weighted by Crippen LogP contribution is 2.16. The van der Waals surface area contributed by atoms with Gasteiger partial charge in [-0.2, -0.15) is 0 Å². The molecular weight excluding hydrogens is 344 g/mol. The lowest BCUT2D eigenvalue weighted by molar-refractivity contribution is -0.123. The van der Waals surface area contributed by atoms with Crippen molar-refractivity contribution in [3.05, 3.63) is 60.2 Å². The van der Waals surface area contributed by atoms with Gasteiger partial charge in [-0.05, 0) is 29.8 Å². The minimum atomic E-state index is -3.63. The minimum Gasteiger partial charge on any atom is -0.484 e. The maximum Gasteiger partial charge on any atom is 0.258 e. The van der Waals surface area contributed by atoms with E-state index in [9.17, 15) is 13.2 Å². The Morgan fingerprint density at radius 3 is 2.36 bits per heavy atom. The maximum atomic E-state index is 12.3. The lowest BCUT2D eigenvalue weighted by Gasteiger charge is -2.09. The number of sulfonamides is 1. The summed E-state index contributed by atoms with van der Waals surface area (Å²) in [5, 5.41) is 11.1. The van der Waals surface area contributed by atoms with Gasteiger partial charge in [-0.3, -0.25) is 4.79 Å². The zero-order valence-electron chi connectivity index (χ0n) is 13.5. The normalized spacial score (nSPS) is 11.1. The molecule has 0 aliphatic rings. The predicted octanol–water partition coefficient (Wildman–Crippen LogP) is 0.652. The average molecular weight is 364 g/mol. The van der Waals surface area contributed by atoms with Gasteiger partial charge in [0.05, 0.1) is 11.5 Å². The Kier molecular flexibility index (Phi) is 6.93. The van der Waals surface area contributed by atoms with E-state index in [1.165, 1.54) is 24.3 Å². The second kappa shape index (κ2) is 9.16. The van der Waals surface area contributed by atoms with Crippen molar-refractivity contribution < 1.29 is 23.1 Å². The Bertz CT molecular complexity index is 776. The number of hydrogen-bond acceptors (Lipinski definition) is 5. The predicted molar refractivity (Wildman–Crippen MR) is 92.5 cm³/mol. The van der Waals surface area contributed by atoms with E-state index in [-0.39, 0.29) is 37.1 Å². The van der Waals surface area contributed by atoms with Crippen molar-refractivity contribution in [2.45, 2.75) is 11.4 Å². The third-order valence-corrected chi connectivity index (χ3v) is 4.66. The van der Waals surface area contributed by atoms with Gasteiger partial charge in [-0.1, -0.05) is 30.3 Å². The zero-order chi connectivity index (χ0) is 18.1. The molecule has 0 spiro atoms. The summed E-state index contributed by atoms with van der Waals surface area (Å²) in [7, 11) is -3.63. The van der Waals surface area contributed by atoms with Crippen molar-refractivity contribution in [2.75, 3.05) is 19.8 Å². The first kappa shape index (κ1) is 18.9. The number of carbonyl (C=O) groups excluding carboxylic acids is 1. The van der Waals surface area contributed by atoms with Crippen LogP contribution in [-0.4, -0.2) is 39.2 Å². The Hall–Kier alpha value is -2.42. The number of amides is 1.